The molecule has 0 radical (unpaired) electrons. The van der Waals surface area contributed by atoms with Gasteiger partial charge in [-0.3, -0.25) is 0 Å². The molecule has 3 rings (SSSR count). The number of aryl methyl sites for hydroxylation is 1. The first-order valence-electron chi connectivity index (χ1n) is 6.70. The summed E-state index contributed by atoms with van der Waals surface area (Å²) in [5, 5.41) is 3.87. The highest BCUT2D eigenvalue weighted by molar-refractivity contribution is 5.86. The van der Waals surface area contributed by atoms with Gasteiger partial charge in [0.2, 0.25) is 5.82 Å². The minimum Gasteiger partial charge on any atom is -0.451 e. The number of aromatic nitrogens is 3. The zero-order chi connectivity index (χ0) is 15.4. The lowest BCUT2D eigenvalue weighted by Gasteiger charge is -2.00. The van der Waals surface area contributed by atoms with Gasteiger partial charge < -0.3 is 9.26 Å². The van der Waals surface area contributed by atoms with Crippen LogP contribution in [0.2, 0.25) is 0 Å². The van der Waals surface area contributed by atoms with E-state index in [1.165, 1.54) is 6.20 Å². The summed E-state index contributed by atoms with van der Waals surface area (Å²) in [6.45, 7) is 1.91. The van der Waals surface area contributed by atoms with Gasteiger partial charge in [-0.25, -0.2) is 9.78 Å². The van der Waals surface area contributed by atoms with Crippen molar-refractivity contribution in [2.75, 3.05) is 0 Å². The summed E-state index contributed by atoms with van der Waals surface area (Å²) in [4.78, 5) is 19.9. The third kappa shape index (κ3) is 3.17. The van der Waals surface area contributed by atoms with E-state index in [9.17, 15) is 4.79 Å². The fourth-order valence-electron chi connectivity index (χ4n) is 1.82. The van der Waals surface area contributed by atoms with Crippen molar-refractivity contribution >= 4 is 5.97 Å². The Hall–Kier alpha value is -3.02. The first-order valence-corrected chi connectivity index (χ1v) is 6.70. The van der Waals surface area contributed by atoms with Crippen molar-refractivity contribution in [3.05, 3.63) is 65.8 Å². The summed E-state index contributed by atoms with van der Waals surface area (Å²) in [6.07, 6.45) is 1.53. The van der Waals surface area contributed by atoms with Crippen LogP contribution in [0, 0.1) is 6.92 Å². The molecule has 0 unspecified atom stereocenters. The van der Waals surface area contributed by atoms with Gasteiger partial charge in [0, 0.05) is 11.8 Å². The van der Waals surface area contributed by atoms with E-state index in [0.717, 1.165) is 11.1 Å². The topological polar surface area (TPSA) is 78.1 Å². The third-order valence-corrected chi connectivity index (χ3v) is 2.98. The number of pyridine rings is 1. The van der Waals surface area contributed by atoms with Crippen LogP contribution >= 0.6 is 0 Å². The molecule has 22 heavy (non-hydrogen) atoms. The molecule has 2 heterocycles. The van der Waals surface area contributed by atoms with Crippen LogP contribution in [0.4, 0.5) is 0 Å². The highest BCUT2D eigenvalue weighted by Gasteiger charge is 2.12. The molecular weight excluding hydrogens is 282 g/mol. The van der Waals surface area contributed by atoms with Crippen LogP contribution in [0.15, 0.2) is 53.2 Å². The lowest BCUT2D eigenvalue weighted by atomic mass is 10.1. The summed E-state index contributed by atoms with van der Waals surface area (Å²) in [5.41, 5.74) is 2.23. The number of hydrogen-bond acceptors (Lipinski definition) is 6. The van der Waals surface area contributed by atoms with E-state index < -0.39 is 5.97 Å². The summed E-state index contributed by atoms with van der Waals surface area (Å²) in [6, 6.07) is 12.8. The van der Waals surface area contributed by atoms with E-state index >= 15 is 0 Å². The molecule has 0 aliphatic carbocycles. The van der Waals surface area contributed by atoms with E-state index in [1.807, 2.05) is 31.2 Å². The Morgan fingerprint density at radius 2 is 2.00 bits per heavy atom. The van der Waals surface area contributed by atoms with Gasteiger partial charge in [0.05, 0.1) is 0 Å². The van der Waals surface area contributed by atoms with Crippen LogP contribution in [0.3, 0.4) is 0 Å². The fraction of sp³-hybridized carbons (Fsp3) is 0.125. The highest BCUT2D eigenvalue weighted by atomic mass is 16.6. The van der Waals surface area contributed by atoms with Gasteiger partial charge in [0.1, 0.15) is 5.69 Å². The molecule has 1 aromatic carbocycles. The minimum atomic E-state index is -0.532. The van der Waals surface area contributed by atoms with Crippen LogP contribution in [0.1, 0.15) is 21.9 Å². The molecule has 0 atom stereocenters. The van der Waals surface area contributed by atoms with Gasteiger partial charge in [-0.05, 0) is 19.1 Å². The Morgan fingerprint density at radius 3 is 2.73 bits per heavy atom. The zero-order valence-electron chi connectivity index (χ0n) is 11.9. The quantitative estimate of drug-likeness (QED) is 0.689. The van der Waals surface area contributed by atoms with Gasteiger partial charge in [-0.2, -0.15) is 4.98 Å². The number of hydrogen-bond donors (Lipinski definition) is 0. The van der Waals surface area contributed by atoms with E-state index in [-0.39, 0.29) is 18.2 Å². The van der Waals surface area contributed by atoms with E-state index in [2.05, 4.69) is 15.1 Å². The molecule has 6 heteroatoms. The summed E-state index contributed by atoms with van der Waals surface area (Å²) >= 11 is 0. The molecule has 110 valence electrons. The molecule has 3 aromatic rings. The number of esters is 1. The normalized spacial score (nSPS) is 10.4. The number of benzene rings is 1. The Labute approximate surface area is 126 Å². The Morgan fingerprint density at radius 1 is 1.18 bits per heavy atom. The highest BCUT2D eigenvalue weighted by Crippen LogP contribution is 2.16. The summed E-state index contributed by atoms with van der Waals surface area (Å²) in [7, 11) is 0. The van der Waals surface area contributed by atoms with E-state index in [1.54, 1.807) is 18.2 Å². The minimum absolute atomic E-state index is 0.0890. The first-order chi connectivity index (χ1) is 10.7. The van der Waals surface area contributed by atoms with Crippen LogP contribution in [-0.4, -0.2) is 21.1 Å². The Kier molecular flexibility index (Phi) is 3.91. The second-order valence-electron chi connectivity index (χ2n) is 4.67. The predicted molar refractivity (Wildman–Crippen MR) is 77.8 cm³/mol. The number of carbonyl (C=O) groups is 1. The molecular formula is C16H13N3O3. The van der Waals surface area contributed by atoms with Gasteiger partial charge in [0.15, 0.2) is 6.61 Å². The van der Waals surface area contributed by atoms with Gasteiger partial charge in [0.25, 0.3) is 5.89 Å². The Balaban J connectivity index is 1.65. The van der Waals surface area contributed by atoms with Crippen molar-refractivity contribution in [1.82, 2.24) is 15.1 Å². The number of carbonyl (C=O) groups excluding carboxylic acids is 1. The smallest absolute Gasteiger partial charge is 0.357 e. The average Bonchev–Trinajstić information content (AvgIpc) is 3.03. The maximum absolute atomic E-state index is 11.8. The van der Waals surface area contributed by atoms with Crippen molar-refractivity contribution in [3.63, 3.8) is 0 Å². The fourth-order valence-corrected chi connectivity index (χ4v) is 1.82. The van der Waals surface area contributed by atoms with Gasteiger partial charge >= 0.3 is 5.97 Å². The molecule has 2 aromatic heterocycles. The van der Waals surface area contributed by atoms with Crippen molar-refractivity contribution in [1.29, 1.82) is 0 Å². The number of nitrogens with zero attached hydrogens (tertiary/aromatic N) is 3. The van der Waals surface area contributed by atoms with Crippen molar-refractivity contribution in [2.24, 2.45) is 0 Å². The maximum atomic E-state index is 11.8. The van der Waals surface area contributed by atoms with Crippen molar-refractivity contribution < 1.29 is 14.1 Å². The Bertz CT molecular complexity index is 767. The molecule has 0 amide bonds. The standard InChI is InChI=1S/C16H13N3O3/c1-11-5-7-12(8-6-11)15-18-14(22-19-15)10-21-16(20)13-4-2-3-9-17-13/h2-9H,10H2,1H3. The number of ether oxygens (including phenoxy) is 1. The second kappa shape index (κ2) is 6.17. The molecule has 0 aliphatic rings. The van der Waals surface area contributed by atoms with Crippen LogP contribution in [0.5, 0.6) is 0 Å². The first kappa shape index (κ1) is 13.9. The predicted octanol–water partition coefficient (Wildman–Crippen LogP) is 2.80. The molecule has 0 saturated heterocycles. The molecule has 0 bridgehead atoms. The molecule has 0 fully saturated rings. The van der Waals surface area contributed by atoms with Crippen LogP contribution < -0.4 is 0 Å². The van der Waals surface area contributed by atoms with Crippen molar-refractivity contribution in [2.45, 2.75) is 13.5 Å². The second-order valence-corrected chi connectivity index (χ2v) is 4.67. The van der Waals surface area contributed by atoms with Crippen LogP contribution in [-0.2, 0) is 11.3 Å². The van der Waals surface area contributed by atoms with E-state index in [4.69, 9.17) is 9.26 Å². The molecule has 6 nitrogen and oxygen atoms in total. The molecule has 0 spiro atoms. The maximum Gasteiger partial charge on any atom is 0.357 e. The lowest BCUT2D eigenvalue weighted by Crippen LogP contribution is -2.07. The molecule has 0 aliphatic heterocycles. The molecule has 0 N–H and O–H groups in total. The average molecular weight is 295 g/mol. The van der Waals surface area contributed by atoms with E-state index in [0.29, 0.717) is 5.82 Å². The SMILES string of the molecule is Cc1ccc(-c2noc(COC(=O)c3ccccn3)n2)cc1. The zero-order valence-corrected chi connectivity index (χ0v) is 11.9. The summed E-state index contributed by atoms with van der Waals surface area (Å²) < 4.78 is 10.2. The molecule has 0 saturated carbocycles. The van der Waals surface area contributed by atoms with Gasteiger partial charge in [-0.15, -0.1) is 0 Å². The van der Waals surface area contributed by atoms with Gasteiger partial charge in [-0.1, -0.05) is 41.1 Å². The van der Waals surface area contributed by atoms with Crippen LogP contribution in [0.25, 0.3) is 11.4 Å². The largest absolute Gasteiger partial charge is 0.451 e. The van der Waals surface area contributed by atoms with Crippen molar-refractivity contribution in [3.8, 4) is 11.4 Å². The monoisotopic (exact) mass is 295 g/mol. The third-order valence-electron chi connectivity index (χ3n) is 2.98. The summed E-state index contributed by atoms with van der Waals surface area (Å²) in [5.74, 6) is 0.166. The number of rotatable bonds is 4. The lowest BCUT2D eigenvalue weighted by molar-refractivity contribution is 0.0423.